The van der Waals surface area contributed by atoms with Gasteiger partial charge in [0.15, 0.2) is 0 Å². The lowest BCUT2D eigenvalue weighted by Gasteiger charge is -2.24. The van der Waals surface area contributed by atoms with Gasteiger partial charge in [-0.25, -0.2) is 0 Å². The van der Waals surface area contributed by atoms with Gasteiger partial charge in [-0.05, 0) is 19.3 Å². The van der Waals surface area contributed by atoms with E-state index in [9.17, 15) is 4.79 Å². The summed E-state index contributed by atoms with van der Waals surface area (Å²) in [6.07, 6.45) is 2.33. The Bertz CT molecular complexity index is 247. The zero-order chi connectivity index (χ0) is 10.6. The number of nitrogens with zero attached hydrogens (tertiary/aromatic N) is 2. The van der Waals surface area contributed by atoms with Crippen molar-refractivity contribution in [3.63, 3.8) is 0 Å². The third-order valence-corrected chi connectivity index (χ3v) is 2.73. The minimum atomic E-state index is -0.540. The maximum Gasteiger partial charge on any atom is 0.240 e. The quantitative estimate of drug-likeness (QED) is 0.715. The fourth-order valence-electron chi connectivity index (χ4n) is 1.84. The van der Waals surface area contributed by atoms with Crippen LogP contribution in [0.1, 0.15) is 26.2 Å². The van der Waals surface area contributed by atoms with Gasteiger partial charge in [0.05, 0.1) is 18.7 Å². The number of amides is 1. The Kier molecular flexibility index (Phi) is 3.90. The summed E-state index contributed by atoms with van der Waals surface area (Å²) in [5.74, 6) is -0.659. The van der Waals surface area contributed by atoms with Gasteiger partial charge in [-0.1, -0.05) is 6.92 Å². The van der Waals surface area contributed by atoms with Gasteiger partial charge in [0.2, 0.25) is 5.91 Å². The fourth-order valence-corrected chi connectivity index (χ4v) is 1.84. The third kappa shape index (κ3) is 2.05. The average molecular weight is 196 g/mol. The molecule has 0 aliphatic carbocycles. The van der Waals surface area contributed by atoms with Gasteiger partial charge >= 0.3 is 0 Å². The van der Waals surface area contributed by atoms with Gasteiger partial charge < -0.3 is 10.0 Å². The number of hydrogen-bond donors (Lipinski definition) is 1. The molecule has 0 aromatic heterocycles. The first-order valence-electron chi connectivity index (χ1n) is 5.05. The normalized spacial score (nSPS) is 23.2. The summed E-state index contributed by atoms with van der Waals surface area (Å²) in [6.45, 7) is 2.52. The van der Waals surface area contributed by atoms with Crippen LogP contribution in [-0.4, -0.2) is 35.1 Å². The van der Waals surface area contributed by atoms with Crippen LogP contribution in [0.4, 0.5) is 0 Å². The van der Waals surface area contributed by atoms with Gasteiger partial charge in [0, 0.05) is 6.54 Å². The first kappa shape index (κ1) is 11.0. The smallest absolute Gasteiger partial charge is 0.240 e. The molecule has 0 radical (unpaired) electrons. The fraction of sp³-hybridized carbons (Fsp3) is 0.800. The van der Waals surface area contributed by atoms with Crippen LogP contribution in [0.25, 0.3) is 0 Å². The van der Waals surface area contributed by atoms with Crippen LogP contribution in [0, 0.1) is 17.2 Å². The predicted octanol–water partition coefficient (Wildman–Crippen LogP) is 0.519. The highest BCUT2D eigenvalue weighted by Gasteiger charge is 2.31. The van der Waals surface area contributed by atoms with E-state index in [1.807, 2.05) is 13.0 Å². The SMILES string of the molecule is CCC(C#N)C(=O)N1CCC[C@@H]1CO. The molecule has 1 N–H and O–H groups in total. The maximum absolute atomic E-state index is 11.8. The molecule has 1 aliphatic rings. The Labute approximate surface area is 84.1 Å². The van der Waals surface area contributed by atoms with Crippen molar-refractivity contribution in [1.29, 1.82) is 5.26 Å². The number of nitriles is 1. The molecule has 1 heterocycles. The molecule has 4 nitrogen and oxygen atoms in total. The van der Waals surface area contributed by atoms with Crippen molar-refractivity contribution in [3.8, 4) is 6.07 Å². The van der Waals surface area contributed by atoms with E-state index in [0.29, 0.717) is 13.0 Å². The van der Waals surface area contributed by atoms with E-state index in [0.717, 1.165) is 12.8 Å². The lowest BCUT2D eigenvalue weighted by Crippen LogP contribution is -2.40. The van der Waals surface area contributed by atoms with Gasteiger partial charge in [-0.15, -0.1) is 0 Å². The van der Waals surface area contributed by atoms with E-state index >= 15 is 0 Å². The molecule has 0 spiro atoms. The topological polar surface area (TPSA) is 64.3 Å². The van der Waals surface area contributed by atoms with Gasteiger partial charge in [-0.2, -0.15) is 5.26 Å². The summed E-state index contributed by atoms with van der Waals surface area (Å²) in [6, 6.07) is 1.94. The van der Waals surface area contributed by atoms with E-state index < -0.39 is 5.92 Å². The third-order valence-electron chi connectivity index (χ3n) is 2.73. The average Bonchev–Trinajstić information content (AvgIpc) is 2.67. The van der Waals surface area contributed by atoms with Crippen LogP contribution < -0.4 is 0 Å². The Morgan fingerprint density at radius 3 is 3.00 bits per heavy atom. The summed E-state index contributed by atoms with van der Waals surface area (Å²) in [5, 5.41) is 17.8. The Hall–Kier alpha value is -1.08. The number of rotatable bonds is 3. The van der Waals surface area contributed by atoms with Gasteiger partial charge in [0.1, 0.15) is 5.92 Å². The van der Waals surface area contributed by atoms with Crippen LogP contribution in [0.3, 0.4) is 0 Å². The molecule has 0 saturated carbocycles. The highest BCUT2D eigenvalue weighted by molar-refractivity contribution is 5.81. The van der Waals surface area contributed by atoms with Gasteiger partial charge in [0.25, 0.3) is 0 Å². The highest BCUT2D eigenvalue weighted by Crippen LogP contribution is 2.20. The molecule has 1 amide bonds. The van der Waals surface area contributed by atoms with Crippen LogP contribution in [0.5, 0.6) is 0 Å². The van der Waals surface area contributed by atoms with Crippen molar-refractivity contribution < 1.29 is 9.90 Å². The maximum atomic E-state index is 11.8. The minimum absolute atomic E-state index is 0.00754. The molecule has 1 saturated heterocycles. The standard InChI is InChI=1S/C10H16N2O2/c1-2-8(6-11)10(14)12-5-3-4-9(12)7-13/h8-9,13H,2-5,7H2,1H3/t8?,9-/m1/s1. The van der Waals surface area contributed by atoms with Crippen molar-refractivity contribution in [2.24, 2.45) is 5.92 Å². The van der Waals surface area contributed by atoms with Crippen LogP contribution in [0.15, 0.2) is 0 Å². The largest absolute Gasteiger partial charge is 0.394 e. The Balaban J connectivity index is 2.64. The number of likely N-dealkylation sites (tertiary alicyclic amines) is 1. The number of aliphatic hydroxyl groups is 1. The Morgan fingerprint density at radius 2 is 2.50 bits per heavy atom. The number of hydrogen-bond acceptors (Lipinski definition) is 3. The van der Waals surface area contributed by atoms with Crippen LogP contribution >= 0.6 is 0 Å². The lowest BCUT2D eigenvalue weighted by molar-refractivity contribution is -0.135. The molecule has 0 bridgehead atoms. The first-order chi connectivity index (χ1) is 6.74. The molecule has 78 valence electrons. The molecule has 2 atom stereocenters. The summed E-state index contributed by atoms with van der Waals surface area (Å²) >= 11 is 0. The van der Waals surface area contributed by atoms with E-state index in [2.05, 4.69) is 0 Å². The summed E-state index contributed by atoms with van der Waals surface area (Å²) < 4.78 is 0. The molecule has 1 fully saturated rings. The number of carbonyl (C=O) groups excluding carboxylic acids is 1. The molecule has 1 rings (SSSR count). The second kappa shape index (κ2) is 4.97. The van der Waals surface area contributed by atoms with E-state index in [1.165, 1.54) is 0 Å². The van der Waals surface area contributed by atoms with Crippen LogP contribution in [-0.2, 0) is 4.79 Å². The molecule has 0 aromatic carbocycles. The predicted molar refractivity (Wildman–Crippen MR) is 51.2 cm³/mol. The first-order valence-corrected chi connectivity index (χ1v) is 5.05. The second-order valence-corrected chi connectivity index (χ2v) is 3.60. The summed E-state index contributed by atoms with van der Waals surface area (Å²) in [4.78, 5) is 13.4. The Morgan fingerprint density at radius 1 is 1.79 bits per heavy atom. The summed E-state index contributed by atoms with van der Waals surface area (Å²) in [5.41, 5.74) is 0. The highest BCUT2D eigenvalue weighted by atomic mass is 16.3. The van der Waals surface area contributed by atoms with Crippen molar-refractivity contribution in [3.05, 3.63) is 0 Å². The number of carbonyl (C=O) groups is 1. The van der Waals surface area contributed by atoms with Crippen molar-refractivity contribution in [1.82, 2.24) is 4.90 Å². The molecule has 0 aromatic rings. The van der Waals surface area contributed by atoms with Crippen molar-refractivity contribution >= 4 is 5.91 Å². The molecule has 4 heteroatoms. The molecule has 1 aliphatic heterocycles. The van der Waals surface area contributed by atoms with Crippen molar-refractivity contribution in [2.75, 3.05) is 13.2 Å². The summed E-state index contributed by atoms with van der Waals surface area (Å²) in [7, 11) is 0. The minimum Gasteiger partial charge on any atom is -0.394 e. The van der Waals surface area contributed by atoms with Crippen LogP contribution in [0.2, 0.25) is 0 Å². The van der Waals surface area contributed by atoms with Gasteiger partial charge in [-0.3, -0.25) is 4.79 Å². The van der Waals surface area contributed by atoms with E-state index in [1.54, 1.807) is 4.90 Å². The molecule has 14 heavy (non-hydrogen) atoms. The zero-order valence-corrected chi connectivity index (χ0v) is 8.44. The molecular formula is C10H16N2O2. The second-order valence-electron chi connectivity index (χ2n) is 3.60. The number of aliphatic hydroxyl groups excluding tert-OH is 1. The van der Waals surface area contributed by atoms with E-state index in [4.69, 9.17) is 10.4 Å². The molecular weight excluding hydrogens is 180 g/mol. The monoisotopic (exact) mass is 196 g/mol. The van der Waals surface area contributed by atoms with Crippen molar-refractivity contribution in [2.45, 2.75) is 32.2 Å². The lowest BCUT2D eigenvalue weighted by atomic mass is 10.1. The van der Waals surface area contributed by atoms with E-state index in [-0.39, 0.29) is 18.6 Å². The zero-order valence-electron chi connectivity index (χ0n) is 8.44. The molecule has 1 unspecified atom stereocenters.